The van der Waals surface area contributed by atoms with Crippen LogP contribution in [0.1, 0.15) is 23.6 Å². The smallest absolute Gasteiger partial charge is 0.0276 e. The van der Waals surface area contributed by atoms with Crippen LogP contribution in [0, 0.1) is 0 Å². The molecule has 1 aromatic heterocycles. The lowest BCUT2D eigenvalue weighted by atomic mass is 10.3. The van der Waals surface area contributed by atoms with Gasteiger partial charge >= 0.3 is 0 Å². The van der Waals surface area contributed by atoms with Crippen molar-refractivity contribution in [1.29, 1.82) is 0 Å². The fourth-order valence-electron chi connectivity index (χ4n) is 0.973. The van der Waals surface area contributed by atoms with Crippen LogP contribution in [0.25, 0.3) is 12.2 Å². The summed E-state index contributed by atoms with van der Waals surface area (Å²) < 4.78 is 0. The second-order valence-corrected chi connectivity index (χ2v) is 3.77. The second kappa shape index (κ2) is 5.55. The van der Waals surface area contributed by atoms with Crippen molar-refractivity contribution >= 4 is 23.5 Å². The predicted octanol–water partition coefficient (Wildman–Crippen LogP) is 4.37. The minimum atomic E-state index is 1.30. The molecular weight excluding hydrogens is 176 g/mol. The Morgan fingerprint density at radius 3 is 2.23 bits per heavy atom. The third-order valence-corrected chi connectivity index (χ3v) is 2.56. The lowest BCUT2D eigenvalue weighted by Gasteiger charge is -1.81. The Kier molecular flexibility index (Phi) is 4.27. The number of hydrogen-bond acceptors (Lipinski definition) is 1. The number of allylic oxidation sites excluding steroid dienone is 4. The summed E-state index contributed by atoms with van der Waals surface area (Å²) in [4.78, 5) is 2.61. The average Bonchev–Trinajstić information content (AvgIpc) is 2.54. The molecule has 0 saturated carbocycles. The second-order valence-electron chi connectivity index (χ2n) is 2.63. The molecule has 1 rings (SSSR count). The van der Waals surface area contributed by atoms with Crippen molar-refractivity contribution in [3.05, 3.63) is 46.2 Å². The molecule has 0 N–H and O–H groups in total. The van der Waals surface area contributed by atoms with E-state index in [4.69, 9.17) is 0 Å². The van der Waals surface area contributed by atoms with E-state index >= 15 is 0 Å². The summed E-state index contributed by atoms with van der Waals surface area (Å²) in [7, 11) is 0. The summed E-state index contributed by atoms with van der Waals surface area (Å²) in [6, 6.07) is 4.28. The Balaban J connectivity index is 2.68. The van der Waals surface area contributed by atoms with Gasteiger partial charge in [-0.15, -0.1) is 11.3 Å². The van der Waals surface area contributed by atoms with Gasteiger partial charge in [-0.25, -0.2) is 0 Å². The molecule has 13 heavy (non-hydrogen) atoms. The summed E-state index contributed by atoms with van der Waals surface area (Å²) in [5, 5.41) is 0. The third kappa shape index (κ3) is 3.43. The van der Waals surface area contributed by atoms with E-state index in [2.05, 4.69) is 36.4 Å². The molecule has 0 saturated heterocycles. The van der Waals surface area contributed by atoms with Crippen LogP contribution in [0.2, 0.25) is 0 Å². The highest BCUT2D eigenvalue weighted by molar-refractivity contribution is 7.13. The molecule has 1 aromatic rings. The minimum Gasteiger partial charge on any atom is -0.137 e. The summed E-state index contributed by atoms with van der Waals surface area (Å²) in [6.07, 6.45) is 12.4. The topological polar surface area (TPSA) is 0 Å². The molecule has 0 bridgehead atoms. The standard InChI is InChI=1S/C12H14S/c1-3-5-6-8-12-10-9-11(13-12)7-4-2/h3-10H,1-2H3/b5-3+,7-4+,8-6+. The van der Waals surface area contributed by atoms with Crippen LogP contribution in [0.3, 0.4) is 0 Å². The van der Waals surface area contributed by atoms with E-state index in [1.54, 1.807) is 11.3 Å². The Labute approximate surface area is 83.9 Å². The van der Waals surface area contributed by atoms with Gasteiger partial charge in [0.05, 0.1) is 0 Å². The average molecular weight is 190 g/mol. The maximum atomic E-state index is 2.14. The van der Waals surface area contributed by atoms with E-state index in [1.165, 1.54) is 9.75 Å². The van der Waals surface area contributed by atoms with Crippen molar-refractivity contribution in [2.75, 3.05) is 0 Å². The van der Waals surface area contributed by atoms with Crippen LogP contribution in [0.15, 0.2) is 36.4 Å². The van der Waals surface area contributed by atoms with Crippen LogP contribution in [0.5, 0.6) is 0 Å². The van der Waals surface area contributed by atoms with Crippen LogP contribution >= 0.6 is 11.3 Å². The first-order valence-corrected chi connectivity index (χ1v) is 5.20. The van der Waals surface area contributed by atoms with Crippen LogP contribution in [-0.4, -0.2) is 0 Å². The fraction of sp³-hybridized carbons (Fsp3) is 0.167. The van der Waals surface area contributed by atoms with Crippen molar-refractivity contribution in [2.24, 2.45) is 0 Å². The summed E-state index contributed by atoms with van der Waals surface area (Å²) in [5.41, 5.74) is 0. The zero-order chi connectivity index (χ0) is 9.52. The maximum Gasteiger partial charge on any atom is 0.0276 e. The normalized spacial score (nSPS) is 12.5. The van der Waals surface area contributed by atoms with Gasteiger partial charge in [0.1, 0.15) is 0 Å². The first-order chi connectivity index (χ1) is 6.36. The molecule has 0 spiro atoms. The maximum absolute atomic E-state index is 2.14. The zero-order valence-corrected chi connectivity index (χ0v) is 8.84. The highest BCUT2D eigenvalue weighted by Gasteiger charge is 1.91. The summed E-state index contributed by atoms with van der Waals surface area (Å²) in [5.74, 6) is 0. The molecule has 0 aliphatic carbocycles. The Morgan fingerprint density at radius 1 is 0.923 bits per heavy atom. The molecule has 0 radical (unpaired) electrons. The van der Waals surface area contributed by atoms with Crippen molar-refractivity contribution in [2.45, 2.75) is 13.8 Å². The molecule has 1 heterocycles. The summed E-state index contributed by atoms with van der Waals surface area (Å²) in [6.45, 7) is 4.05. The molecule has 0 fully saturated rings. The lowest BCUT2D eigenvalue weighted by molar-refractivity contribution is 1.74. The molecule has 0 nitrogen and oxygen atoms in total. The monoisotopic (exact) mass is 190 g/mol. The van der Waals surface area contributed by atoms with Gasteiger partial charge in [0.25, 0.3) is 0 Å². The molecule has 0 aliphatic rings. The SMILES string of the molecule is C/C=C/C=C/c1ccc(/C=C/C)s1. The highest BCUT2D eigenvalue weighted by atomic mass is 32.1. The third-order valence-electron chi connectivity index (χ3n) is 1.54. The van der Waals surface area contributed by atoms with E-state index in [1.807, 2.05) is 26.0 Å². The van der Waals surface area contributed by atoms with E-state index in [0.717, 1.165) is 0 Å². The number of thiophene rings is 1. The molecular formula is C12H14S. The van der Waals surface area contributed by atoms with Crippen LogP contribution in [0.4, 0.5) is 0 Å². The quantitative estimate of drug-likeness (QED) is 0.621. The molecule has 0 aromatic carbocycles. The van der Waals surface area contributed by atoms with Crippen molar-refractivity contribution in [3.63, 3.8) is 0 Å². The number of rotatable bonds is 3. The summed E-state index contributed by atoms with van der Waals surface area (Å²) >= 11 is 1.80. The van der Waals surface area contributed by atoms with Gasteiger partial charge in [-0.3, -0.25) is 0 Å². The zero-order valence-electron chi connectivity index (χ0n) is 8.03. The van der Waals surface area contributed by atoms with E-state index < -0.39 is 0 Å². The highest BCUT2D eigenvalue weighted by Crippen LogP contribution is 2.19. The van der Waals surface area contributed by atoms with Crippen LogP contribution in [-0.2, 0) is 0 Å². The van der Waals surface area contributed by atoms with Gasteiger partial charge < -0.3 is 0 Å². The van der Waals surface area contributed by atoms with Gasteiger partial charge in [0.15, 0.2) is 0 Å². The van der Waals surface area contributed by atoms with Gasteiger partial charge in [0.2, 0.25) is 0 Å². The van der Waals surface area contributed by atoms with Crippen molar-refractivity contribution in [1.82, 2.24) is 0 Å². The van der Waals surface area contributed by atoms with Gasteiger partial charge in [-0.05, 0) is 38.1 Å². The molecule has 0 unspecified atom stereocenters. The molecule has 68 valence electrons. The Hall–Kier alpha value is -1.08. The van der Waals surface area contributed by atoms with Gasteiger partial charge in [0, 0.05) is 9.75 Å². The van der Waals surface area contributed by atoms with Crippen molar-refractivity contribution in [3.8, 4) is 0 Å². The molecule has 1 heteroatoms. The largest absolute Gasteiger partial charge is 0.137 e. The van der Waals surface area contributed by atoms with Crippen LogP contribution < -0.4 is 0 Å². The molecule has 0 atom stereocenters. The predicted molar refractivity (Wildman–Crippen MR) is 62.9 cm³/mol. The number of hydrogen-bond donors (Lipinski definition) is 0. The minimum absolute atomic E-state index is 1.30. The van der Waals surface area contributed by atoms with E-state index in [0.29, 0.717) is 0 Å². The Morgan fingerprint density at radius 2 is 1.62 bits per heavy atom. The molecule has 0 aliphatic heterocycles. The molecule has 0 amide bonds. The van der Waals surface area contributed by atoms with E-state index in [9.17, 15) is 0 Å². The first kappa shape index (κ1) is 10.0. The van der Waals surface area contributed by atoms with E-state index in [-0.39, 0.29) is 0 Å². The van der Waals surface area contributed by atoms with Gasteiger partial charge in [-0.1, -0.05) is 24.3 Å². The lowest BCUT2D eigenvalue weighted by Crippen LogP contribution is -1.53. The first-order valence-electron chi connectivity index (χ1n) is 4.38. The van der Waals surface area contributed by atoms with Gasteiger partial charge in [-0.2, -0.15) is 0 Å². The van der Waals surface area contributed by atoms with Crippen molar-refractivity contribution < 1.29 is 0 Å². The Bertz CT molecular complexity index is 327. The fourth-order valence-corrected chi connectivity index (χ4v) is 1.87.